The molecule has 2 rings (SSSR count). The zero-order valence-electron chi connectivity index (χ0n) is 12.6. The molecule has 118 valence electrons. The number of nitrogens with one attached hydrogen (secondary N) is 1. The number of piperazine rings is 1. The predicted octanol–water partition coefficient (Wildman–Crippen LogP) is 1.94. The van der Waals surface area contributed by atoms with E-state index in [9.17, 15) is 13.2 Å². The summed E-state index contributed by atoms with van der Waals surface area (Å²) in [5.74, 6) is 0. The van der Waals surface area contributed by atoms with Crippen molar-refractivity contribution in [3.05, 3.63) is 0 Å². The minimum Gasteiger partial charge on any atom is -0.315 e. The topological polar surface area (TPSA) is 18.5 Å². The van der Waals surface area contributed by atoms with Crippen molar-refractivity contribution in [3.63, 3.8) is 0 Å². The molecule has 1 saturated heterocycles. The van der Waals surface area contributed by atoms with Crippen LogP contribution in [0.5, 0.6) is 0 Å². The number of nitrogens with zero attached hydrogens (tertiary/aromatic N) is 2. The maximum Gasteiger partial charge on any atom is 0.401 e. The first-order valence-electron chi connectivity index (χ1n) is 7.43. The van der Waals surface area contributed by atoms with Crippen LogP contribution in [0, 0.1) is 5.41 Å². The van der Waals surface area contributed by atoms with Crippen LogP contribution in [0.15, 0.2) is 0 Å². The molecule has 1 aliphatic heterocycles. The molecule has 0 aromatic rings. The van der Waals surface area contributed by atoms with E-state index in [1.165, 1.54) is 11.3 Å². The number of rotatable bonds is 3. The molecule has 2 unspecified atom stereocenters. The number of hydrogen-bond acceptors (Lipinski definition) is 3. The molecule has 6 heteroatoms. The molecule has 3 nitrogen and oxygen atoms in total. The van der Waals surface area contributed by atoms with Crippen LogP contribution < -0.4 is 5.32 Å². The minimum atomic E-state index is -4.08. The maximum absolute atomic E-state index is 12.4. The van der Waals surface area contributed by atoms with E-state index in [0.717, 1.165) is 19.5 Å². The highest BCUT2D eigenvalue weighted by Crippen LogP contribution is 2.40. The summed E-state index contributed by atoms with van der Waals surface area (Å²) in [7, 11) is 1.99. The molecule has 20 heavy (non-hydrogen) atoms. The van der Waals surface area contributed by atoms with Crippen LogP contribution in [0.2, 0.25) is 0 Å². The van der Waals surface area contributed by atoms with Crippen molar-refractivity contribution in [1.82, 2.24) is 15.1 Å². The second kappa shape index (κ2) is 5.81. The van der Waals surface area contributed by atoms with E-state index >= 15 is 0 Å². The Balaban J connectivity index is 1.88. The quantitative estimate of drug-likeness (QED) is 0.858. The Morgan fingerprint density at radius 2 is 1.75 bits per heavy atom. The maximum atomic E-state index is 12.4. The predicted molar refractivity (Wildman–Crippen MR) is 73.7 cm³/mol. The lowest BCUT2D eigenvalue weighted by atomic mass is 9.86. The van der Waals surface area contributed by atoms with Gasteiger partial charge in [-0.2, -0.15) is 13.2 Å². The molecule has 0 amide bonds. The van der Waals surface area contributed by atoms with Crippen LogP contribution in [0.1, 0.15) is 26.7 Å². The number of likely N-dealkylation sites (N-methyl/N-ethyl adjacent to an activating group) is 1. The largest absolute Gasteiger partial charge is 0.401 e. The van der Waals surface area contributed by atoms with Gasteiger partial charge in [0.2, 0.25) is 0 Å². The molecule has 2 atom stereocenters. The third kappa shape index (κ3) is 3.65. The van der Waals surface area contributed by atoms with Crippen molar-refractivity contribution in [2.24, 2.45) is 5.41 Å². The summed E-state index contributed by atoms with van der Waals surface area (Å²) in [4.78, 5) is 3.90. The Labute approximate surface area is 119 Å². The summed E-state index contributed by atoms with van der Waals surface area (Å²) in [5.41, 5.74) is 0.266. The first kappa shape index (κ1) is 16.0. The average molecular weight is 293 g/mol. The number of halogens is 3. The van der Waals surface area contributed by atoms with Crippen molar-refractivity contribution in [2.75, 3.05) is 39.8 Å². The van der Waals surface area contributed by atoms with Gasteiger partial charge in [0.25, 0.3) is 0 Å². The van der Waals surface area contributed by atoms with Crippen LogP contribution in [0.25, 0.3) is 0 Å². The smallest absolute Gasteiger partial charge is 0.315 e. The van der Waals surface area contributed by atoms with Crippen LogP contribution in [0.4, 0.5) is 13.2 Å². The lowest BCUT2D eigenvalue weighted by Gasteiger charge is -2.42. The average Bonchev–Trinajstić information content (AvgIpc) is 2.63. The Hall–Kier alpha value is -0.330. The standard InChI is InChI=1S/C14H26F3N3/c1-13(2)5-4-11(12(13)18-3)20-8-6-19(7-9-20)10-14(15,16)17/h11-12,18H,4-10H2,1-3H3. The van der Waals surface area contributed by atoms with Crippen molar-refractivity contribution >= 4 is 0 Å². The lowest BCUT2D eigenvalue weighted by molar-refractivity contribution is -0.150. The van der Waals surface area contributed by atoms with Crippen molar-refractivity contribution in [1.29, 1.82) is 0 Å². The molecule has 2 aliphatic rings. The van der Waals surface area contributed by atoms with Gasteiger partial charge in [-0.05, 0) is 25.3 Å². The van der Waals surface area contributed by atoms with Gasteiger partial charge in [-0.3, -0.25) is 9.80 Å². The summed E-state index contributed by atoms with van der Waals surface area (Å²) in [6.45, 7) is 6.30. The van der Waals surface area contributed by atoms with Gasteiger partial charge >= 0.3 is 6.18 Å². The molecule has 0 radical (unpaired) electrons. The zero-order chi connectivity index (χ0) is 15.0. The fourth-order valence-corrected chi connectivity index (χ4v) is 3.85. The van der Waals surface area contributed by atoms with Crippen LogP contribution >= 0.6 is 0 Å². The Kier molecular flexibility index (Phi) is 4.66. The Morgan fingerprint density at radius 3 is 2.25 bits per heavy atom. The van der Waals surface area contributed by atoms with Crippen LogP contribution in [-0.4, -0.2) is 67.8 Å². The normalized spacial score (nSPS) is 32.7. The van der Waals surface area contributed by atoms with Gasteiger partial charge in [0.15, 0.2) is 0 Å². The number of alkyl halides is 3. The molecular formula is C14H26F3N3. The second-order valence-electron chi connectivity index (χ2n) is 6.79. The molecule has 0 spiro atoms. The first-order valence-corrected chi connectivity index (χ1v) is 7.43. The van der Waals surface area contributed by atoms with Crippen molar-refractivity contribution < 1.29 is 13.2 Å². The SMILES string of the molecule is CNC1C(N2CCN(CC(F)(F)F)CC2)CCC1(C)C. The third-order valence-corrected chi connectivity index (χ3v) is 4.90. The van der Waals surface area contributed by atoms with Crippen molar-refractivity contribution in [3.8, 4) is 0 Å². The molecule has 0 bridgehead atoms. The highest BCUT2D eigenvalue weighted by atomic mass is 19.4. The summed E-state index contributed by atoms with van der Waals surface area (Å²) in [6, 6.07) is 0.889. The van der Waals surface area contributed by atoms with E-state index < -0.39 is 12.7 Å². The zero-order valence-corrected chi connectivity index (χ0v) is 12.6. The van der Waals surface area contributed by atoms with Gasteiger partial charge in [0.05, 0.1) is 6.54 Å². The third-order valence-electron chi connectivity index (χ3n) is 4.90. The first-order chi connectivity index (χ1) is 9.23. The van der Waals surface area contributed by atoms with Gasteiger partial charge in [0.1, 0.15) is 0 Å². The summed E-state index contributed by atoms with van der Waals surface area (Å²) < 4.78 is 37.2. The summed E-state index contributed by atoms with van der Waals surface area (Å²) in [5, 5.41) is 3.42. The highest BCUT2D eigenvalue weighted by Gasteiger charge is 2.44. The van der Waals surface area contributed by atoms with Gasteiger partial charge in [-0.1, -0.05) is 13.8 Å². The molecule has 1 heterocycles. The minimum absolute atomic E-state index is 0.266. The number of hydrogen-bond donors (Lipinski definition) is 1. The monoisotopic (exact) mass is 293 g/mol. The molecule has 1 saturated carbocycles. The molecule has 0 aromatic heterocycles. The molecular weight excluding hydrogens is 267 g/mol. The van der Waals surface area contributed by atoms with Gasteiger partial charge in [-0.25, -0.2) is 0 Å². The van der Waals surface area contributed by atoms with Crippen molar-refractivity contribution in [2.45, 2.75) is 44.9 Å². The summed E-state index contributed by atoms with van der Waals surface area (Å²) in [6.07, 6.45) is -1.77. The Bertz CT molecular complexity index is 322. The van der Waals surface area contributed by atoms with E-state index in [4.69, 9.17) is 0 Å². The molecule has 1 aliphatic carbocycles. The fraction of sp³-hybridized carbons (Fsp3) is 1.00. The van der Waals surface area contributed by atoms with E-state index in [0.29, 0.717) is 25.2 Å². The van der Waals surface area contributed by atoms with Gasteiger partial charge in [0, 0.05) is 38.3 Å². The van der Waals surface area contributed by atoms with Gasteiger partial charge < -0.3 is 5.32 Å². The molecule has 1 N–H and O–H groups in total. The molecule has 2 fully saturated rings. The lowest BCUT2D eigenvalue weighted by Crippen LogP contribution is -2.57. The van der Waals surface area contributed by atoms with Crippen LogP contribution in [0.3, 0.4) is 0 Å². The second-order valence-corrected chi connectivity index (χ2v) is 6.79. The van der Waals surface area contributed by atoms with E-state index in [1.54, 1.807) is 0 Å². The van der Waals surface area contributed by atoms with Crippen LogP contribution in [-0.2, 0) is 0 Å². The Morgan fingerprint density at radius 1 is 1.15 bits per heavy atom. The molecule has 0 aromatic carbocycles. The summed E-state index contributed by atoms with van der Waals surface area (Å²) >= 11 is 0. The van der Waals surface area contributed by atoms with E-state index in [1.807, 2.05) is 7.05 Å². The highest BCUT2D eigenvalue weighted by molar-refractivity contribution is 5.01. The van der Waals surface area contributed by atoms with E-state index in [2.05, 4.69) is 24.1 Å². The van der Waals surface area contributed by atoms with E-state index in [-0.39, 0.29) is 5.41 Å². The van der Waals surface area contributed by atoms with Gasteiger partial charge in [-0.15, -0.1) is 0 Å². The fourth-order valence-electron chi connectivity index (χ4n) is 3.85.